The van der Waals surface area contributed by atoms with Crippen molar-refractivity contribution in [3.63, 3.8) is 0 Å². The molecule has 3 nitrogen and oxygen atoms in total. The van der Waals surface area contributed by atoms with Gasteiger partial charge >= 0.3 is 0 Å². The van der Waals surface area contributed by atoms with E-state index in [9.17, 15) is 4.79 Å². The smallest absolute Gasteiger partial charge is 0.197 e. The Bertz CT molecular complexity index is 623. The SMILES string of the molecule is COc1ccc(OC)c(C(=O)c2ccccc2CBr)c1. The Hall–Kier alpha value is -1.81. The van der Waals surface area contributed by atoms with Gasteiger partial charge in [-0.2, -0.15) is 0 Å². The summed E-state index contributed by atoms with van der Waals surface area (Å²) in [6.45, 7) is 0. The highest BCUT2D eigenvalue weighted by atomic mass is 79.9. The largest absolute Gasteiger partial charge is 0.497 e. The molecule has 0 heterocycles. The topological polar surface area (TPSA) is 35.5 Å². The second-order valence-corrected chi connectivity index (χ2v) is 4.75. The zero-order chi connectivity index (χ0) is 14.5. The van der Waals surface area contributed by atoms with Crippen molar-refractivity contribution < 1.29 is 14.3 Å². The van der Waals surface area contributed by atoms with Crippen molar-refractivity contribution >= 4 is 21.7 Å². The summed E-state index contributed by atoms with van der Waals surface area (Å²) in [5, 5.41) is 0.626. The number of benzene rings is 2. The third-order valence-electron chi connectivity index (χ3n) is 3.06. The van der Waals surface area contributed by atoms with Crippen molar-refractivity contribution in [2.75, 3.05) is 14.2 Å². The van der Waals surface area contributed by atoms with Crippen LogP contribution in [-0.4, -0.2) is 20.0 Å². The Kier molecular flexibility index (Phi) is 4.79. The zero-order valence-corrected chi connectivity index (χ0v) is 12.9. The number of rotatable bonds is 5. The molecular formula is C16H15BrO3. The Labute approximate surface area is 126 Å². The van der Waals surface area contributed by atoms with Crippen LogP contribution in [0.5, 0.6) is 11.5 Å². The first-order valence-electron chi connectivity index (χ1n) is 6.12. The molecule has 2 aromatic carbocycles. The minimum absolute atomic E-state index is 0.0733. The maximum Gasteiger partial charge on any atom is 0.197 e. The molecule has 104 valence electrons. The maximum absolute atomic E-state index is 12.7. The van der Waals surface area contributed by atoms with E-state index in [-0.39, 0.29) is 5.78 Å². The number of methoxy groups -OCH3 is 2. The van der Waals surface area contributed by atoms with E-state index in [1.54, 1.807) is 32.4 Å². The molecule has 0 saturated carbocycles. The molecule has 0 spiro atoms. The number of hydrogen-bond acceptors (Lipinski definition) is 3. The quantitative estimate of drug-likeness (QED) is 0.615. The van der Waals surface area contributed by atoms with Crippen LogP contribution in [0.1, 0.15) is 21.5 Å². The van der Waals surface area contributed by atoms with Crippen molar-refractivity contribution in [1.29, 1.82) is 0 Å². The predicted molar refractivity (Wildman–Crippen MR) is 82.1 cm³/mol. The van der Waals surface area contributed by atoms with Gasteiger partial charge in [-0.15, -0.1) is 0 Å². The molecule has 4 heteroatoms. The van der Waals surface area contributed by atoms with Gasteiger partial charge in [0.1, 0.15) is 11.5 Å². The monoisotopic (exact) mass is 334 g/mol. The minimum Gasteiger partial charge on any atom is -0.497 e. The van der Waals surface area contributed by atoms with Crippen LogP contribution in [0, 0.1) is 0 Å². The second-order valence-electron chi connectivity index (χ2n) is 4.19. The number of hydrogen-bond donors (Lipinski definition) is 0. The van der Waals surface area contributed by atoms with Gasteiger partial charge in [0.05, 0.1) is 19.8 Å². The molecule has 0 aliphatic carbocycles. The molecule has 0 fully saturated rings. The van der Waals surface area contributed by atoms with E-state index < -0.39 is 0 Å². The Morgan fingerprint density at radius 3 is 2.45 bits per heavy atom. The molecule has 0 bridgehead atoms. The van der Waals surface area contributed by atoms with Crippen LogP contribution >= 0.6 is 15.9 Å². The molecule has 0 atom stereocenters. The molecule has 20 heavy (non-hydrogen) atoms. The average molecular weight is 335 g/mol. The van der Waals surface area contributed by atoms with Gasteiger partial charge in [0.25, 0.3) is 0 Å². The molecule has 0 radical (unpaired) electrons. The number of halogens is 1. The van der Waals surface area contributed by atoms with E-state index in [0.29, 0.717) is 28.0 Å². The van der Waals surface area contributed by atoms with Crippen LogP contribution in [0.15, 0.2) is 42.5 Å². The number of ether oxygens (including phenoxy) is 2. The van der Waals surface area contributed by atoms with Crippen LogP contribution < -0.4 is 9.47 Å². The summed E-state index contributed by atoms with van der Waals surface area (Å²) >= 11 is 3.40. The van der Waals surface area contributed by atoms with Crippen molar-refractivity contribution in [1.82, 2.24) is 0 Å². The summed E-state index contributed by atoms with van der Waals surface area (Å²) in [4.78, 5) is 12.7. The third kappa shape index (κ3) is 2.85. The summed E-state index contributed by atoms with van der Waals surface area (Å²) in [6.07, 6.45) is 0. The first kappa shape index (κ1) is 14.6. The molecule has 0 aromatic heterocycles. The van der Waals surface area contributed by atoms with Crippen molar-refractivity contribution in [2.45, 2.75) is 5.33 Å². The molecule has 0 N–H and O–H groups in total. The lowest BCUT2D eigenvalue weighted by atomic mass is 9.98. The van der Waals surface area contributed by atoms with Gasteiger partial charge in [0.2, 0.25) is 0 Å². The lowest BCUT2D eigenvalue weighted by molar-refractivity contribution is 0.103. The lowest BCUT2D eigenvalue weighted by Gasteiger charge is -2.11. The van der Waals surface area contributed by atoms with Gasteiger partial charge < -0.3 is 9.47 Å². The Morgan fingerprint density at radius 1 is 1.05 bits per heavy atom. The highest BCUT2D eigenvalue weighted by Crippen LogP contribution is 2.27. The first-order valence-corrected chi connectivity index (χ1v) is 7.24. The Balaban J connectivity index is 2.52. The number of carbonyl (C=O) groups is 1. The fraction of sp³-hybridized carbons (Fsp3) is 0.188. The van der Waals surface area contributed by atoms with Crippen molar-refractivity contribution in [3.05, 3.63) is 59.2 Å². The normalized spacial score (nSPS) is 10.2. The van der Waals surface area contributed by atoms with Gasteiger partial charge in [-0.25, -0.2) is 0 Å². The van der Waals surface area contributed by atoms with Crippen LogP contribution in [0.3, 0.4) is 0 Å². The molecular weight excluding hydrogens is 320 g/mol. The highest BCUT2D eigenvalue weighted by Gasteiger charge is 2.17. The van der Waals surface area contributed by atoms with Gasteiger partial charge in [-0.1, -0.05) is 40.2 Å². The molecule has 0 saturated heterocycles. The standard InChI is InChI=1S/C16H15BrO3/c1-19-12-7-8-15(20-2)14(9-12)16(18)13-6-4-3-5-11(13)10-17/h3-9H,10H2,1-2H3. The van der Waals surface area contributed by atoms with Gasteiger partial charge in [-0.3, -0.25) is 4.79 Å². The third-order valence-corrected chi connectivity index (χ3v) is 3.66. The fourth-order valence-corrected chi connectivity index (χ4v) is 2.48. The van der Waals surface area contributed by atoms with Gasteiger partial charge in [0, 0.05) is 10.9 Å². The molecule has 0 aliphatic heterocycles. The van der Waals surface area contributed by atoms with Crippen molar-refractivity contribution in [3.8, 4) is 11.5 Å². The Morgan fingerprint density at radius 2 is 1.80 bits per heavy atom. The summed E-state index contributed by atoms with van der Waals surface area (Å²) in [6, 6.07) is 12.7. The predicted octanol–water partition coefficient (Wildman–Crippen LogP) is 3.83. The second kappa shape index (κ2) is 6.57. The first-order chi connectivity index (χ1) is 9.71. The fourth-order valence-electron chi connectivity index (χ4n) is 1.99. The van der Waals surface area contributed by atoms with Crippen LogP contribution in [0.4, 0.5) is 0 Å². The number of carbonyl (C=O) groups excluding carboxylic acids is 1. The van der Waals surface area contributed by atoms with E-state index in [4.69, 9.17) is 9.47 Å². The minimum atomic E-state index is -0.0733. The van der Waals surface area contributed by atoms with Crippen molar-refractivity contribution in [2.24, 2.45) is 0 Å². The summed E-state index contributed by atoms with van der Waals surface area (Å²) in [5.41, 5.74) is 2.11. The van der Waals surface area contributed by atoms with E-state index in [2.05, 4.69) is 15.9 Å². The summed E-state index contributed by atoms with van der Waals surface area (Å²) in [7, 11) is 3.12. The molecule has 2 rings (SSSR count). The van der Waals surface area contributed by atoms with E-state index in [1.807, 2.05) is 24.3 Å². The van der Waals surface area contributed by atoms with E-state index in [0.717, 1.165) is 5.56 Å². The van der Waals surface area contributed by atoms with Gasteiger partial charge in [0.15, 0.2) is 5.78 Å². The maximum atomic E-state index is 12.7. The van der Waals surface area contributed by atoms with Crippen LogP contribution in [0.2, 0.25) is 0 Å². The zero-order valence-electron chi connectivity index (χ0n) is 11.4. The van der Waals surface area contributed by atoms with Crippen LogP contribution in [0.25, 0.3) is 0 Å². The number of alkyl halides is 1. The highest BCUT2D eigenvalue weighted by molar-refractivity contribution is 9.08. The lowest BCUT2D eigenvalue weighted by Crippen LogP contribution is -2.07. The average Bonchev–Trinajstić information content (AvgIpc) is 2.53. The molecule has 0 unspecified atom stereocenters. The summed E-state index contributed by atoms with van der Waals surface area (Å²) in [5.74, 6) is 1.10. The summed E-state index contributed by atoms with van der Waals surface area (Å²) < 4.78 is 10.5. The molecule has 2 aromatic rings. The van der Waals surface area contributed by atoms with Gasteiger partial charge in [-0.05, 0) is 23.8 Å². The molecule has 0 aliphatic rings. The van der Waals surface area contributed by atoms with E-state index >= 15 is 0 Å². The van der Waals surface area contributed by atoms with Crippen LogP contribution in [-0.2, 0) is 5.33 Å². The number of ketones is 1. The van der Waals surface area contributed by atoms with E-state index in [1.165, 1.54) is 0 Å². The molecule has 0 amide bonds.